The SMILES string of the molecule is CC.CCOC(=O)c1cc(Br)ccc1O. The Labute approximate surface area is 98.2 Å². The minimum atomic E-state index is -0.513. The number of carbonyl (C=O) groups is 1. The van der Waals surface area contributed by atoms with Crippen LogP contribution in [0.4, 0.5) is 0 Å². The molecular weight excluding hydrogens is 260 g/mol. The molecule has 4 heteroatoms. The summed E-state index contributed by atoms with van der Waals surface area (Å²) in [5.74, 6) is -0.581. The van der Waals surface area contributed by atoms with Crippen molar-refractivity contribution in [1.29, 1.82) is 0 Å². The number of ether oxygens (including phenoxy) is 1. The minimum Gasteiger partial charge on any atom is -0.507 e. The first kappa shape index (κ1) is 14.0. The molecular formula is C11H15BrO3. The fourth-order valence-electron chi connectivity index (χ4n) is 0.881. The maximum atomic E-state index is 11.2. The molecule has 0 amide bonds. The number of hydrogen-bond acceptors (Lipinski definition) is 3. The third-order valence-corrected chi connectivity index (χ3v) is 1.95. The Kier molecular flexibility index (Phi) is 6.79. The van der Waals surface area contributed by atoms with E-state index in [1.165, 1.54) is 12.1 Å². The molecule has 15 heavy (non-hydrogen) atoms. The van der Waals surface area contributed by atoms with Gasteiger partial charge in [0.25, 0.3) is 0 Å². The molecule has 1 aromatic rings. The van der Waals surface area contributed by atoms with E-state index in [-0.39, 0.29) is 11.3 Å². The maximum absolute atomic E-state index is 11.2. The number of phenolic OH excluding ortho intramolecular Hbond substituents is 1. The molecule has 0 saturated carbocycles. The normalized spacial score (nSPS) is 8.80. The van der Waals surface area contributed by atoms with Crippen molar-refractivity contribution >= 4 is 21.9 Å². The molecule has 0 bridgehead atoms. The lowest BCUT2D eigenvalue weighted by Crippen LogP contribution is -2.04. The predicted molar refractivity (Wildman–Crippen MR) is 63.1 cm³/mol. The number of phenols is 1. The Morgan fingerprint density at radius 1 is 1.47 bits per heavy atom. The van der Waals surface area contributed by atoms with Gasteiger partial charge in [0.2, 0.25) is 0 Å². The number of carbonyl (C=O) groups excluding carboxylic acids is 1. The third-order valence-electron chi connectivity index (χ3n) is 1.45. The Balaban J connectivity index is 0.000000921. The summed E-state index contributed by atoms with van der Waals surface area (Å²) < 4.78 is 5.47. The molecule has 0 aliphatic carbocycles. The van der Waals surface area contributed by atoms with Crippen LogP contribution in [-0.4, -0.2) is 17.7 Å². The van der Waals surface area contributed by atoms with Crippen LogP contribution in [0, 0.1) is 0 Å². The van der Waals surface area contributed by atoms with Gasteiger partial charge in [-0.25, -0.2) is 4.79 Å². The van der Waals surface area contributed by atoms with Gasteiger partial charge in [-0.2, -0.15) is 0 Å². The second-order valence-electron chi connectivity index (χ2n) is 2.38. The van der Waals surface area contributed by atoms with Crippen molar-refractivity contribution in [2.75, 3.05) is 6.61 Å². The van der Waals surface area contributed by atoms with Crippen LogP contribution in [-0.2, 0) is 4.74 Å². The topological polar surface area (TPSA) is 46.5 Å². The summed E-state index contributed by atoms with van der Waals surface area (Å²) >= 11 is 3.20. The zero-order chi connectivity index (χ0) is 11.8. The summed E-state index contributed by atoms with van der Waals surface area (Å²) in [6, 6.07) is 4.61. The molecule has 84 valence electrons. The Bertz CT molecular complexity index is 324. The van der Waals surface area contributed by atoms with Gasteiger partial charge >= 0.3 is 5.97 Å². The monoisotopic (exact) mass is 274 g/mol. The first-order valence-electron chi connectivity index (χ1n) is 4.80. The molecule has 0 unspecified atom stereocenters. The summed E-state index contributed by atoms with van der Waals surface area (Å²) in [7, 11) is 0. The van der Waals surface area contributed by atoms with E-state index in [0.29, 0.717) is 6.61 Å². The van der Waals surface area contributed by atoms with Crippen molar-refractivity contribution in [2.45, 2.75) is 20.8 Å². The van der Waals surface area contributed by atoms with E-state index in [9.17, 15) is 9.90 Å². The van der Waals surface area contributed by atoms with Gasteiger partial charge in [-0.3, -0.25) is 0 Å². The predicted octanol–water partition coefficient (Wildman–Crippen LogP) is 3.36. The van der Waals surface area contributed by atoms with Crippen LogP contribution in [0.15, 0.2) is 22.7 Å². The van der Waals surface area contributed by atoms with Crippen LogP contribution in [0.5, 0.6) is 5.75 Å². The van der Waals surface area contributed by atoms with Crippen LogP contribution < -0.4 is 0 Å². The van der Waals surface area contributed by atoms with Crippen LogP contribution in [0.2, 0.25) is 0 Å². The number of esters is 1. The molecule has 0 atom stereocenters. The Morgan fingerprint density at radius 3 is 2.60 bits per heavy atom. The van der Waals surface area contributed by atoms with E-state index in [2.05, 4.69) is 15.9 Å². The molecule has 0 fully saturated rings. The van der Waals surface area contributed by atoms with Crippen molar-refractivity contribution in [3.63, 3.8) is 0 Å². The highest BCUT2D eigenvalue weighted by atomic mass is 79.9. The first-order valence-corrected chi connectivity index (χ1v) is 5.60. The highest BCUT2D eigenvalue weighted by Crippen LogP contribution is 2.22. The zero-order valence-corrected chi connectivity index (χ0v) is 10.7. The Morgan fingerprint density at radius 2 is 2.07 bits per heavy atom. The van der Waals surface area contributed by atoms with Gasteiger partial charge in [-0.15, -0.1) is 0 Å². The van der Waals surface area contributed by atoms with Crippen molar-refractivity contribution in [1.82, 2.24) is 0 Å². The Hall–Kier alpha value is -1.03. The summed E-state index contributed by atoms with van der Waals surface area (Å²) in [4.78, 5) is 11.2. The van der Waals surface area contributed by atoms with Gasteiger partial charge in [0.15, 0.2) is 0 Å². The van der Waals surface area contributed by atoms with Gasteiger partial charge in [0.1, 0.15) is 11.3 Å². The number of rotatable bonds is 2. The molecule has 1 N–H and O–H groups in total. The fraction of sp³-hybridized carbons (Fsp3) is 0.364. The maximum Gasteiger partial charge on any atom is 0.341 e. The second-order valence-corrected chi connectivity index (χ2v) is 3.30. The van der Waals surface area contributed by atoms with Gasteiger partial charge in [0, 0.05) is 4.47 Å². The summed E-state index contributed by atoms with van der Waals surface area (Å²) in [6.45, 7) is 6.01. The lowest BCUT2D eigenvalue weighted by atomic mass is 10.2. The molecule has 0 aliphatic heterocycles. The second kappa shape index (κ2) is 7.29. The van der Waals surface area contributed by atoms with Crippen molar-refractivity contribution < 1.29 is 14.6 Å². The molecule has 1 rings (SSSR count). The number of aromatic hydroxyl groups is 1. The molecule has 1 aromatic carbocycles. The van der Waals surface area contributed by atoms with Gasteiger partial charge < -0.3 is 9.84 Å². The standard InChI is InChI=1S/C9H9BrO3.C2H6/c1-2-13-9(12)7-5-6(10)3-4-8(7)11;1-2/h3-5,11H,2H2,1H3;1-2H3. The number of halogens is 1. The summed E-state index contributed by atoms with van der Waals surface area (Å²) in [5, 5.41) is 9.31. The van der Waals surface area contributed by atoms with Crippen molar-refractivity contribution in [2.24, 2.45) is 0 Å². The number of benzene rings is 1. The fourth-order valence-corrected chi connectivity index (χ4v) is 1.24. The summed E-state index contributed by atoms with van der Waals surface area (Å²) in [5.41, 5.74) is 0.177. The lowest BCUT2D eigenvalue weighted by molar-refractivity contribution is 0.0523. The molecule has 0 aromatic heterocycles. The zero-order valence-electron chi connectivity index (χ0n) is 9.08. The smallest absolute Gasteiger partial charge is 0.341 e. The van der Waals surface area contributed by atoms with Crippen LogP contribution >= 0.6 is 15.9 Å². The minimum absolute atomic E-state index is 0.0679. The van der Waals surface area contributed by atoms with Gasteiger partial charge in [0.05, 0.1) is 6.61 Å². The highest BCUT2D eigenvalue weighted by molar-refractivity contribution is 9.10. The highest BCUT2D eigenvalue weighted by Gasteiger charge is 2.11. The quantitative estimate of drug-likeness (QED) is 0.842. The van der Waals surface area contributed by atoms with E-state index >= 15 is 0 Å². The van der Waals surface area contributed by atoms with E-state index in [1.54, 1.807) is 13.0 Å². The third kappa shape index (κ3) is 4.34. The average Bonchev–Trinajstić information content (AvgIpc) is 2.25. The van der Waals surface area contributed by atoms with E-state index < -0.39 is 5.97 Å². The van der Waals surface area contributed by atoms with Crippen LogP contribution in [0.1, 0.15) is 31.1 Å². The van der Waals surface area contributed by atoms with Crippen LogP contribution in [0.3, 0.4) is 0 Å². The molecule has 0 saturated heterocycles. The molecule has 0 radical (unpaired) electrons. The van der Waals surface area contributed by atoms with Gasteiger partial charge in [-0.1, -0.05) is 29.8 Å². The average molecular weight is 275 g/mol. The molecule has 0 heterocycles. The van der Waals surface area contributed by atoms with Crippen molar-refractivity contribution in [3.8, 4) is 5.75 Å². The first-order chi connectivity index (χ1) is 7.15. The van der Waals surface area contributed by atoms with E-state index in [1.807, 2.05) is 13.8 Å². The van der Waals surface area contributed by atoms with Crippen LogP contribution in [0.25, 0.3) is 0 Å². The summed E-state index contributed by atoms with van der Waals surface area (Å²) in [6.07, 6.45) is 0. The molecule has 3 nitrogen and oxygen atoms in total. The van der Waals surface area contributed by atoms with Gasteiger partial charge in [-0.05, 0) is 25.1 Å². The largest absolute Gasteiger partial charge is 0.507 e. The number of hydrogen-bond donors (Lipinski definition) is 1. The molecule has 0 spiro atoms. The van der Waals surface area contributed by atoms with E-state index in [4.69, 9.17) is 4.74 Å². The van der Waals surface area contributed by atoms with Crippen molar-refractivity contribution in [3.05, 3.63) is 28.2 Å². The lowest BCUT2D eigenvalue weighted by Gasteiger charge is -2.03. The van der Waals surface area contributed by atoms with E-state index in [0.717, 1.165) is 4.47 Å². The molecule has 0 aliphatic rings.